The minimum Gasteiger partial charge on any atom is -0.409 e. The molecule has 0 bridgehead atoms. The molecule has 0 saturated carbocycles. The number of ether oxygens (including phenoxy) is 1. The fraction of sp³-hybridized carbons (Fsp3) is 0.579. The number of benzene rings is 1. The van der Waals surface area contributed by atoms with Gasteiger partial charge < -0.3 is 14.5 Å². The van der Waals surface area contributed by atoms with Crippen LogP contribution in [0.3, 0.4) is 0 Å². The molecule has 6 heteroatoms. The van der Waals surface area contributed by atoms with Crippen LogP contribution in [0.15, 0.2) is 18.2 Å². The molecule has 140 valence electrons. The molecule has 5 nitrogen and oxygen atoms in total. The van der Waals surface area contributed by atoms with E-state index in [9.17, 15) is 9.59 Å². The number of para-hydroxylation sites is 1. The van der Waals surface area contributed by atoms with E-state index in [1.807, 2.05) is 39.8 Å². The topological polar surface area (TPSA) is 49.9 Å². The maximum absolute atomic E-state index is 12.9. The molecule has 2 amide bonds. The van der Waals surface area contributed by atoms with Gasteiger partial charge in [-0.05, 0) is 38.9 Å². The molecule has 0 fully saturated rings. The van der Waals surface area contributed by atoms with Gasteiger partial charge >= 0.3 is 6.09 Å². The summed E-state index contributed by atoms with van der Waals surface area (Å²) in [6, 6.07) is 5.63. The first-order valence-electron chi connectivity index (χ1n) is 9.10. The normalized spacial score (nSPS) is 11.2. The van der Waals surface area contributed by atoms with Crippen LogP contribution in [-0.4, -0.2) is 56.1 Å². The van der Waals surface area contributed by atoms with E-state index in [-0.39, 0.29) is 5.91 Å². The van der Waals surface area contributed by atoms with E-state index >= 15 is 0 Å². The van der Waals surface area contributed by atoms with Crippen molar-refractivity contribution >= 4 is 25.3 Å². The molecule has 25 heavy (non-hydrogen) atoms. The Balaban J connectivity index is 3.43. The van der Waals surface area contributed by atoms with E-state index in [0.29, 0.717) is 37.5 Å². The maximum atomic E-state index is 12.9. The van der Waals surface area contributed by atoms with Crippen molar-refractivity contribution in [2.24, 2.45) is 0 Å². The van der Waals surface area contributed by atoms with Gasteiger partial charge in [0.15, 0.2) is 0 Å². The Morgan fingerprint density at radius 3 is 1.88 bits per heavy atom. The minimum absolute atomic E-state index is 0.0903. The van der Waals surface area contributed by atoms with Gasteiger partial charge in [0.25, 0.3) is 5.91 Å². The van der Waals surface area contributed by atoms with E-state index in [2.05, 4.69) is 19.6 Å². The van der Waals surface area contributed by atoms with Crippen molar-refractivity contribution in [3.05, 3.63) is 23.8 Å². The number of carbonyl (C=O) groups is 2. The molecule has 1 aromatic rings. The highest BCUT2D eigenvalue weighted by Crippen LogP contribution is 2.23. The summed E-state index contributed by atoms with van der Waals surface area (Å²) in [5, 5.41) is 0.992. The van der Waals surface area contributed by atoms with E-state index < -0.39 is 14.2 Å². The zero-order valence-electron chi connectivity index (χ0n) is 16.7. The molecular weight excluding hydrogens is 332 g/mol. The molecule has 0 unspecified atom stereocenters. The van der Waals surface area contributed by atoms with Gasteiger partial charge in [-0.15, -0.1) is 0 Å². The van der Waals surface area contributed by atoms with Crippen LogP contribution >= 0.6 is 0 Å². The van der Waals surface area contributed by atoms with E-state index in [0.717, 1.165) is 5.19 Å². The van der Waals surface area contributed by atoms with Crippen LogP contribution < -0.4 is 9.92 Å². The molecule has 0 radical (unpaired) electrons. The summed E-state index contributed by atoms with van der Waals surface area (Å²) in [6.45, 7) is 16.7. The van der Waals surface area contributed by atoms with E-state index in [1.165, 1.54) is 0 Å². The largest absolute Gasteiger partial charge is 0.415 e. The molecule has 0 N–H and O–H groups in total. The van der Waals surface area contributed by atoms with Gasteiger partial charge in [0.2, 0.25) is 0 Å². The Labute approximate surface area is 153 Å². The number of hydrogen-bond acceptors (Lipinski definition) is 3. The molecule has 1 rings (SSSR count). The maximum Gasteiger partial charge on any atom is 0.415 e. The fourth-order valence-electron chi connectivity index (χ4n) is 2.72. The fourth-order valence-corrected chi connectivity index (χ4v) is 4.18. The highest BCUT2D eigenvalue weighted by molar-refractivity contribution is 6.89. The highest BCUT2D eigenvalue weighted by atomic mass is 28.3. The van der Waals surface area contributed by atoms with Crippen molar-refractivity contribution in [2.75, 3.05) is 26.2 Å². The van der Waals surface area contributed by atoms with Crippen molar-refractivity contribution in [1.29, 1.82) is 0 Å². The molecule has 0 heterocycles. The SMILES string of the molecule is CCN(CC)C(=O)Oc1c(C(=O)N(CC)CC)cccc1[Si](C)(C)C. The Bertz CT molecular complexity index is 603. The average molecular weight is 365 g/mol. The predicted octanol–water partition coefficient (Wildman–Crippen LogP) is 3.55. The Hall–Kier alpha value is -1.82. The summed E-state index contributed by atoms with van der Waals surface area (Å²) in [7, 11) is -1.80. The second kappa shape index (κ2) is 9.04. The van der Waals surface area contributed by atoms with Crippen LogP contribution in [0, 0.1) is 0 Å². The highest BCUT2D eigenvalue weighted by Gasteiger charge is 2.29. The lowest BCUT2D eigenvalue weighted by atomic mass is 10.1. The van der Waals surface area contributed by atoms with Crippen molar-refractivity contribution in [1.82, 2.24) is 9.80 Å². The number of carbonyl (C=O) groups excluding carboxylic acids is 2. The van der Waals surface area contributed by atoms with Crippen molar-refractivity contribution < 1.29 is 14.3 Å². The predicted molar refractivity (Wildman–Crippen MR) is 106 cm³/mol. The Kier molecular flexibility index (Phi) is 7.67. The zero-order valence-corrected chi connectivity index (χ0v) is 17.7. The van der Waals surface area contributed by atoms with Gasteiger partial charge in [-0.3, -0.25) is 4.79 Å². The van der Waals surface area contributed by atoms with Crippen LogP contribution in [0.1, 0.15) is 38.1 Å². The standard InChI is InChI=1S/C19H32N2O3Si/c1-8-20(9-2)18(22)15-13-12-14-16(25(5,6)7)17(15)24-19(23)21(10-3)11-4/h12-14H,8-11H2,1-7H3. The Morgan fingerprint density at radius 1 is 0.920 bits per heavy atom. The Morgan fingerprint density at radius 2 is 1.44 bits per heavy atom. The van der Waals surface area contributed by atoms with Crippen molar-refractivity contribution in [2.45, 2.75) is 47.3 Å². The van der Waals surface area contributed by atoms with E-state index in [1.54, 1.807) is 15.9 Å². The minimum atomic E-state index is -1.80. The monoisotopic (exact) mass is 364 g/mol. The van der Waals surface area contributed by atoms with Crippen LogP contribution in [0.4, 0.5) is 4.79 Å². The molecule has 0 aromatic heterocycles. The lowest BCUT2D eigenvalue weighted by Gasteiger charge is -2.26. The lowest BCUT2D eigenvalue weighted by Crippen LogP contribution is -2.42. The lowest BCUT2D eigenvalue weighted by molar-refractivity contribution is 0.0769. The first-order chi connectivity index (χ1) is 11.7. The molecule has 0 spiro atoms. The third-order valence-electron chi connectivity index (χ3n) is 4.32. The summed E-state index contributed by atoms with van der Waals surface area (Å²) in [4.78, 5) is 28.8. The number of rotatable bonds is 7. The molecule has 0 atom stereocenters. The first-order valence-corrected chi connectivity index (χ1v) is 12.6. The van der Waals surface area contributed by atoms with Gasteiger partial charge in [-0.1, -0.05) is 31.8 Å². The van der Waals surface area contributed by atoms with Gasteiger partial charge in [0.05, 0.1) is 13.6 Å². The zero-order chi connectivity index (χ0) is 19.2. The van der Waals surface area contributed by atoms with Crippen molar-refractivity contribution in [3.8, 4) is 5.75 Å². The van der Waals surface area contributed by atoms with E-state index in [4.69, 9.17) is 4.74 Å². The van der Waals surface area contributed by atoms with Crippen LogP contribution in [0.2, 0.25) is 19.6 Å². The molecule has 0 aliphatic carbocycles. The van der Waals surface area contributed by atoms with Crippen LogP contribution in [0.25, 0.3) is 0 Å². The number of nitrogens with zero attached hydrogens (tertiary/aromatic N) is 2. The molecule has 0 aliphatic rings. The summed E-state index contributed by atoms with van der Waals surface area (Å²) in [6.07, 6.45) is -0.399. The second-order valence-corrected chi connectivity index (χ2v) is 12.0. The van der Waals surface area contributed by atoms with Gasteiger partial charge in [0, 0.05) is 26.2 Å². The molecular formula is C19H32N2O3Si. The third kappa shape index (κ3) is 5.08. The van der Waals surface area contributed by atoms with Crippen molar-refractivity contribution in [3.63, 3.8) is 0 Å². The summed E-state index contributed by atoms with van der Waals surface area (Å²) in [5.74, 6) is 0.350. The van der Waals surface area contributed by atoms with Crippen LogP contribution in [0.5, 0.6) is 5.75 Å². The van der Waals surface area contributed by atoms with Gasteiger partial charge in [0.1, 0.15) is 5.75 Å². The summed E-state index contributed by atoms with van der Waals surface area (Å²) in [5.41, 5.74) is 0.476. The molecule has 1 aromatic carbocycles. The second-order valence-electron chi connectivity index (χ2n) is 6.95. The molecule has 0 saturated heterocycles. The average Bonchev–Trinajstić information content (AvgIpc) is 2.56. The van der Waals surface area contributed by atoms with Crippen LogP contribution in [-0.2, 0) is 0 Å². The summed E-state index contributed by atoms with van der Waals surface area (Å²) >= 11 is 0. The quantitative estimate of drug-likeness (QED) is 0.695. The van der Waals surface area contributed by atoms with Gasteiger partial charge in [-0.25, -0.2) is 4.79 Å². The number of hydrogen-bond donors (Lipinski definition) is 0. The first kappa shape index (κ1) is 21.2. The summed E-state index contributed by atoms with van der Waals surface area (Å²) < 4.78 is 5.78. The molecule has 0 aliphatic heterocycles. The number of amides is 2. The van der Waals surface area contributed by atoms with Gasteiger partial charge in [-0.2, -0.15) is 0 Å². The third-order valence-corrected chi connectivity index (χ3v) is 6.32. The smallest absolute Gasteiger partial charge is 0.409 e.